The van der Waals surface area contributed by atoms with Crippen molar-refractivity contribution < 1.29 is 14.3 Å². The van der Waals surface area contributed by atoms with Crippen LogP contribution in [-0.2, 0) is 16.0 Å². The molecule has 132 valence electrons. The SMILES string of the molecule is COc1ccc(CC(=O)N2CCN(C(=O)CCN(C)C)CC2)cc1. The molecule has 1 aromatic rings. The van der Waals surface area contributed by atoms with Gasteiger partial charge in [-0.05, 0) is 31.8 Å². The quantitative estimate of drug-likeness (QED) is 0.775. The van der Waals surface area contributed by atoms with Gasteiger partial charge in [0.25, 0.3) is 0 Å². The van der Waals surface area contributed by atoms with Crippen molar-refractivity contribution in [3.63, 3.8) is 0 Å². The molecule has 1 aliphatic heterocycles. The van der Waals surface area contributed by atoms with E-state index in [4.69, 9.17) is 4.74 Å². The van der Waals surface area contributed by atoms with Crippen molar-refractivity contribution in [1.29, 1.82) is 0 Å². The number of piperazine rings is 1. The standard InChI is InChI=1S/C18H27N3O3/c1-19(2)9-8-17(22)20-10-12-21(13-11-20)18(23)14-15-4-6-16(24-3)7-5-15/h4-7H,8-14H2,1-3H3. The van der Waals surface area contributed by atoms with Crippen molar-refractivity contribution in [2.45, 2.75) is 12.8 Å². The van der Waals surface area contributed by atoms with Crippen LogP contribution in [0.2, 0.25) is 0 Å². The lowest BCUT2D eigenvalue weighted by Gasteiger charge is -2.35. The summed E-state index contributed by atoms with van der Waals surface area (Å²) in [5, 5.41) is 0. The van der Waals surface area contributed by atoms with E-state index in [0.717, 1.165) is 17.9 Å². The Bertz CT molecular complexity index is 549. The highest BCUT2D eigenvalue weighted by Gasteiger charge is 2.23. The minimum absolute atomic E-state index is 0.112. The van der Waals surface area contributed by atoms with E-state index in [2.05, 4.69) is 0 Å². The second-order valence-electron chi connectivity index (χ2n) is 6.34. The number of nitrogens with zero attached hydrogens (tertiary/aromatic N) is 3. The van der Waals surface area contributed by atoms with Crippen molar-refractivity contribution in [3.8, 4) is 5.75 Å². The van der Waals surface area contributed by atoms with Crippen LogP contribution in [-0.4, -0.2) is 80.4 Å². The van der Waals surface area contributed by atoms with Crippen LogP contribution in [0.3, 0.4) is 0 Å². The van der Waals surface area contributed by atoms with Crippen molar-refractivity contribution in [3.05, 3.63) is 29.8 Å². The third-order valence-corrected chi connectivity index (χ3v) is 4.27. The second-order valence-corrected chi connectivity index (χ2v) is 6.34. The largest absolute Gasteiger partial charge is 0.497 e. The van der Waals surface area contributed by atoms with Crippen LogP contribution in [0, 0.1) is 0 Å². The lowest BCUT2D eigenvalue weighted by atomic mass is 10.1. The highest BCUT2D eigenvalue weighted by Crippen LogP contribution is 2.13. The summed E-state index contributed by atoms with van der Waals surface area (Å²) in [4.78, 5) is 30.2. The summed E-state index contributed by atoms with van der Waals surface area (Å²) in [5.74, 6) is 1.07. The zero-order valence-corrected chi connectivity index (χ0v) is 14.8. The van der Waals surface area contributed by atoms with Crippen molar-refractivity contribution in [1.82, 2.24) is 14.7 Å². The third kappa shape index (κ3) is 5.23. The van der Waals surface area contributed by atoms with Gasteiger partial charge in [0.1, 0.15) is 5.75 Å². The fourth-order valence-electron chi connectivity index (χ4n) is 2.71. The molecule has 1 aromatic carbocycles. The van der Waals surface area contributed by atoms with Crippen LogP contribution < -0.4 is 4.74 Å². The molecule has 2 amide bonds. The summed E-state index contributed by atoms with van der Waals surface area (Å²) in [6, 6.07) is 7.56. The highest BCUT2D eigenvalue weighted by atomic mass is 16.5. The van der Waals surface area contributed by atoms with E-state index in [0.29, 0.717) is 39.0 Å². The van der Waals surface area contributed by atoms with E-state index in [1.165, 1.54) is 0 Å². The molecule has 24 heavy (non-hydrogen) atoms. The van der Waals surface area contributed by atoms with Gasteiger partial charge < -0.3 is 19.4 Å². The number of rotatable bonds is 6. The predicted octanol–water partition coefficient (Wildman–Crippen LogP) is 0.860. The first-order valence-corrected chi connectivity index (χ1v) is 8.33. The Balaban J connectivity index is 1.78. The average Bonchev–Trinajstić information content (AvgIpc) is 2.60. The van der Waals surface area contributed by atoms with Gasteiger partial charge in [-0.3, -0.25) is 9.59 Å². The summed E-state index contributed by atoms with van der Waals surface area (Å²) >= 11 is 0. The molecule has 0 atom stereocenters. The Kier molecular flexibility index (Phi) is 6.61. The van der Waals surface area contributed by atoms with Crippen molar-refractivity contribution in [2.24, 2.45) is 0 Å². The Hall–Kier alpha value is -2.08. The number of hydrogen-bond acceptors (Lipinski definition) is 4. The maximum Gasteiger partial charge on any atom is 0.227 e. The lowest BCUT2D eigenvalue weighted by molar-refractivity contribution is -0.139. The van der Waals surface area contributed by atoms with Gasteiger partial charge in [-0.2, -0.15) is 0 Å². The summed E-state index contributed by atoms with van der Waals surface area (Å²) in [6.07, 6.45) is 0.922. The van der Waals surface area contributed by atoms with Gasteiger partial charge in [-0.25, -0.2) is 0 Å². The molecule has 0 saturated carbocycles. The molecular weight excluding hydrogens is 306 g/mol. The number of methoxy groups -OCH3 is 1. The number of hydrogen-bond donors (Lipinski definition) is 0. The summed E-state index contributed by atoms with van der Waals surface area (Å²) in [6.45, 7) is 3.24. The van der Waals surface area contributed by atoms with E-state index in [1.807, 2.05) is 53.1 Å². The van der Waals surface area contributed by atoms with Crippen LogP contribution in [0.15, 0.2) is 24.3 Å². The monoisotopic (exact) mass is 333 g/mol. The Labute approximate surface area is 144 Å². The predicted molar refractivity (Wildman–Crippen MR) is 93.0 cm³/mol. The number of carbonyl (C=O) groups excluding carboxylic acids is 2. The molecule has 0 radical (unpaired) electrons. The molecule has 0 spiro atoms. The molecule has 6 heteroatoms. The van der Waals surface area contributed by atoms with Gasteiger partial charge >= 0.3 is 0 Å². The molecule has 0 aliphatic carbocycles. The summed E-state index contributed by atoms with van der Waals surface area (Å²) in [5.41, 5.74) is 0.977. The molecule has 0 aromatic heterocycles. The van der Waals surface area contributed by atoms with Gasteiger partial charge in [-0.1, -0.05) is 12.1 Å². The first kappa shape index (κ1) is 18.3. The molecule has 2 rings (SSSR count). The minimum atomic E-state index is 0.112. The van der Waals surface area contributed by atoms with Crippen LogP contribution in [0.1, 0.15) is 12.0 Å². The van der Waals surface area contributed by atoms with E-state index >= 15 is 0 Å². The second kappa shape index (κ2) is 8.68. The highest BCUT2D eigenvalue weighted by molar-refractivity contribution is 5.80. The van der Waals surface area contributed by atoms with Crippen LogP contribution >= 0.6 is 0 Å². The van der Waals surface area contributed by atoms with E-state index in [9.17, 15) is 9.59 Å². The number of amides is 2. The number of benzene rings is 1. The number of ether oxygens (including phenoxy) is 1. The van der Waals surface area contributed by atoms with Gasteiger partial charge in [0.2, 0.25) is 11.8 Å². The normalized spacial score (nSPS) is 14.8. The van der Waals surface area contributed by atoms with E-state index < -0.39 is 0 Å². The Morgan fingerprint density at radius 3 is 2.04 bits per heavy atom. The molecule has 0 unspecified atom stereocenters. The van der Waals surface area contributed by atoms with E-state index in [1.54, 1.807) is 7.11 Å². The fourth-order valence-corrected chi connectivity index (χ4v) is 2.71. The van der Waals surface area contributed by atoms with Crippen molar-refractivity contribution >= 4 is 11.8 Å². The smallest absolute Gasteiger partial charge is 0.227 e. The van der Waals surface area contributed by atoms with Gasteiger partial charge in [0.15, 0.2) is 0 Å². The molecule has 0 bridgehead atoms. The molecule has 1 saturated heterocycles. The van der Waals surface area contributed by atoms with Gasteiger partial charge in [-0.15, -0.1) is 0 Å². The first-order chi connectivity index (χ1) is 11.5. The summed E-state index contributed by atoms with van der Waals surface area (Å²) < 4.78 is 5.12. The number of carbonyl (C=O) groups is 2. The van der Waals surface area contributed by atoms with Crippen LogP contribution in [0.5, 0.6) is 5.75 Å². The summed E-state index contributed by atoms with van der Waals surface area (Å²) in [7, 11) is 5.55. The molecule has 1 aliphatic rings. The zero-order valence-electron chi connectivity index (χ0n) is 14.8. The molecular formula is C18H27N3O3. The molecule has 1 fully saturated rings. The molecule has 6 nitrogen and oxygen atoms in total. The van der Waals surface area contributed by atoms with Gasteiger partial charge in [0.05, 0.1) is 13.5 Å². The average molecular weight is 333 g/mol. The zero-order chi connectivity index (χ0) is 17.5. The topological polar surface area (TPSA) is 53.1 Å². The Morgan fingerprint density at radius 1 is 1.00 bits per heavy atom. The fraction of sp³-hybridized carbons (Fsp3) is 0.556. The lowest BCUT2D eigenvalue weighted by Crippen LogP contribution is -2.51. The molecule has 0 N–H and O–H groups in total. The molecule has 1 heterocycles. The van der Waals surface area contributed by atoms with Crippen molar-refractivity contribution in [2.75, 3.05) is 53.9 Å². The van der Waals surface area contributed by atoms with Crippen LogP contribution in [0.4, 0.5) is 0 Å². The third-order valence-electron chi connectivity index (χ3n) is 4.27. The maximum absolute atomic E-state index is 12.4. The first-order valence-electron chi connectivity index (χ1n) is 8.33. The van der Waals surface area contributed by atoms with Gasteiger partial charge in [0, 0.05) is 39.1 Å². The Morgan fingerprint density at radius 2 is 1.54 bits per heavy atom. The maximum atomic E-state index is 12.4. The van der Waals surface area contributed by atoms with Crippen LogP contribution in [0.25, 0.3) is 0 Å². The van der Waals surface area contributed by atoms with E-state index in [-0.39, 0.29) is 11.8 Å². The minimum Gasteiger partial charge on any atom is -0.497 e.